The van der Waals surface area contributed by atoms with E-state index in [1.165, 1.54) is 29.7 Å². The van der Waals surface area contributed by atoms with E-state index in [-0.39, 0.29) is 18.3 Å². The minimum absolute atomic E-state index is 0.219. The van der Waals surface area contributed by atoms with Crippen LogP contribution < -0.4 is 20.3 Å². The molecule has 24 heavy (non-hydrogen) atoms. The second-order valence-corrected chi connectivity index (χ2v) is 5.86. The van der Waals surface area contributed by atoms with Crippen molar-refractivity contribution in [2.45, 2.75) is 0 Å². The smallest absolute Gasteiger partial charge is 0.258 e. The lowest BCUT2D eigenvalue weighted by Crippen LogP contribution is -2.14. The zero-order valence-electron chi connectivity index (χ0n) is 12.2. The summed E-state index contributed by atoms with van der Waals surface area (Å²) in [6.07, 6.45) is 1.37. The van der Waals surface area contributed by atoms with Gasteiger partial charge in [0.2, 0.25) is 12.4 Å². The van der Waals surface area contributed by atoms with Crippen molar-refractivity contribution in [1.29, 1.82) is 0 Å². The number of pyridine rings is 1. The van der Waals surface area contributed by atoms with E-state index in [9.17, 15) is 9.59 Å². The maximum atomic E-state index is 12.1. The lowest BCUT2D eigenvalue weighted by molar-refractivity contribution is 0.102. The van der Waals surface area contributed by atoms with E-state index >= 15 is 0 Å². The van der Waals surface area contributed by atoms with Crippen molar-refractivity contribution in [2.75, 3.05) is 12.1 Å². The molecule has 1 amide bonds. The summed E-state index contributed by atoms with van der Waals surface area (Å²) in [5.41, 5.74) is 1.70. The molecule has 0 radical (unpaired) electrons. The lowest BCUT2D eigenvalue weighted by Gasteiger charge is -2.01. The highest BCUT2D eigenvalue weighted by molar-refractivity contribution is 7.14. The summed E-state index contributed by atoms with van der Waals surface area (Å²) < 4.78 is 10.6. The van der Waals surface area contributed by atoms with Gasteiger partial charge >= 0.3 is 0 Å². The second kappa shape index (κ2) is 5.82. The average Bonchev–Trinajstić information content (AvgIpc) is 3.23. The van der Waals surface area contributed by atoms with Gasteiger partial charge in [0.15, 0.2) is 16.6 Å². The minimum atomic E-state index is -0.335. The van der Waals surface area contributed by atoms with Gasteiger partial charge in [-0.2, -0.15) is 0 Å². The number of nitrogens with one attached hydrogen (secondary N) is 2. The second-order valence-electron chi connectivity index (χ2n) is 5.00. The molecule has 0 saturated carbocycles. The van der Waals surface area contributed by atoms with Crippen LogP contribution in [0.4, 0.5) is 5.13 Å². The summed E-state index contributed by atoms with van der Waals surface area (Å²) >= 11 is 1.32. The number of ether oxygens (including phenoxy) is 2. The number of thiazole rings is 1. The molecule has 120 valence electrons. The first-order chi connectivity index (χ1) is 11.7. The fourth-order valence-electron chi connectivity index (χ4n) is 2.24. The van der Waals surface area contributed by atoms with E-state index in [0.29, 0.717) is 22.2 Å². The Kier molecular flexibility index (Phi) is 3.51. The number of rotatable bonds is 3. The highest BCUT2D eigenvalue weighted by Crippen LogP contribution is 2.36. The first-order valence-electron chi connectivity index (χ1n) is 7.05. The fraction of sp³-hybridized carbons (Fsp3) is 0.0625. The molecule has 2 N–H and O–H groups in total. The van der Waals surface area contributed by atoms with Crippen molar-refractivity contribution in [1.82, 2.24) is 9.97 Å². The molecule has 7 nitrogen and oxygen atoms in total. The van der Waals surface area contributed by atoms with E-state index < -0.39 is 0 Å². The van der Waals surface area contributed by atoms with Crippen LogP contribution in [-0.2, 0) is 0 Å². The third-order valence-corrected chi connectivity index (χ3v) is 4.20. The first kappa shape index (κ1) is 14.5. The summed E-state index contributed by atoms with van der Waals surface area (Å²) in [7, 11) is 0. The number of H-pyrrole nitrogens is 1. The Morgan fingerprint density at radius 2 is 2.08 bits per heavy atom. The normalized spacial score (nSPS) is 12.2. The Morgan fingerprint density at radius 3 is 2.92 bits per heavy atom. The van der Waals surface area contributed by atoms with Crippen LogP contribution in [0.2, 0.25) is 0 Å². The molecule has 2 aromatic heterocycles. The third-order valence-electron chi connectivity index (χ3n) is 3.44. The molecule has 0 bridgehead atoms. The summed E-state index contributed by atoms with van der Waals surface area (Å²) in [6.45, 7) is 0.219. The van der Waals surface area contributed by atoms with Gasteiger partial charge in [-0.3, -0.25) is 14.9 Å². The molecule has 0 unspecified atom stereocenters. The molecule has 4 rings (SSSR count). The van der Waals surface area contributed by atoms with Crippen LogP contribution >= 0.6 is 11.3 Å². The van der Waals surface area contributed by atoms with E-state index in [2.05, 4.69) is 15.3 Å². The van der Waals surface area contributed by atoms with E-state index in [4.69, 9.17) is 9.47 Å². The van der Waals surface area contributed by atoms with E-state index in [1.807, 2.05) is 23.6 Å². The number of fused-ring (bicyclic) bond motifs is 1. The number of carbonyl (C=O) groups excluding carboxylic acids is 1. The Labute approximate surface area is 139 Å². The van der Waals surface area contributed by atoms with Crippen LogP contribution in [0.1, 0.15) is 10.4 Å². The monoisotopic (exact) mass is 341 g/mol. The highest BCUT2D eigenvalue weighted by atomic mass is 32.1. The van der Waals surface area contributed by atoms with Gasteiger partial charge in [-0.25, -0.2) is 4.98 Å². The van der Waals surface area contributed by atoms with Gasteiger partial charge in [0.1, 0.15) is 0 Å². The predicted octanol–water partition coefficient (Wildman–Crippen LogP) is 2.48. The van der Waals surface area contributed by atoms with E-state index in [1.54, 1.807) is 0 Å². The number of carbonyl (C=O) groups is 1. The molecule has 0 aliphatic carbocycles. The largest absolute Gasteiger partial charge is 0.454 e. The summed E-state index contributed by atoms with van der Waals surface area (Å²) in [4.78, 5) is 30.0. The van der Waals surface area contributed by atoms with Gasteiger partial charge in [0, 0.05) is 23.2 Å². The molecule has 3 aromatic rings. The van der Waals surface area contributed by atoms with Gasteiger partial charge in [0.25, 0.3) is 5.91 Å². The summed E-state index contributed by atoms with van der Waals surface area (Å²) in [5.74, 6) is 1.05. The quantitative estimate of drug-likeness (QED) is 0.763. The molecular weight excluding hydrogens is 330 g/mol. The SMILES string of the molecule is O=C(Nc1nc(-c2ccc3c(c2)OCO3)cs1)c1ccc(=O)[nH]c1. The molecule has 1 aliphatic rings. The molecule has 0 atom stereocenters. The number of benzene rings is 1. The standard InChI is InChI=1S/C16H11N3O4S/c20-14-4-2-10(6-17-14)15(21)19-16-18-11(7-24-16)9-1-3-12-13(5-9)23-8-22-12/h1-7H,8H2,(H,17,20)(H,18,19,21). The van der Waals surface area contributed by atoms with Crippen molar-refractivity contribution < 1.29 is 14.3 Å². The first-order valence-corrected chi connectivity index (χ1v) is 7.93. The zero-order chi connectivity index (χ0) is 16.5. The lowest BCUT2D eigenvalue weighted by atomic mass is 10.1. The van der Waals surface area contributed by atoms with Gasteiger partial charge < -0.3 is 14.5 Å². The van der Waals surface area contributed by atoms with E-state index in [0.717, 1.165) is 11.3 Å². The molecule has 0 spiro atoms. The average molecular weight is 341 g/mol. The molecule has 8 heteroatoms. The number of aromatic amines is 1. The van der Waals surface area contributed by atoms with Crippen molar-refractivity contribution in [3.63, 3.8) is 0 Å². The number of anilines is 1. The molecular formula is C16H11N3O4S. The van der Waals surface area contributed by atoms with Gasteiger partial charge in [-0.05, 0) is 24.3 Å². The van der Waals surface area contributed by atoms with Crippen molar-refractivity contribution in [2.24, 2.45) is 0 Å². The number of hydrogen-bond acceptors (Lipinski definition) is 6. The number of hydrogen-bond donors (Lipinski definition) is 2. The van der Waals surface area contributed by atoms with Crippen LogP contribution in [0, 0.1) is 0 Å². The van der Waals surface area contributed by atoms with Crippen LogP contribution in [0.5, 0.6) is 11.5 Å². The number of amides is 1. The van der Waals surface area contributed by atoms with Crippen LogP contribution in [-0.4, -0.2) is 22.7 Å². The van der Waals surface area contributed by atoms with Crippen molar-refractivity contribution in [3.05, 3.63) is 57.8 Å². The molecule has 1 aliphatic heterocycles. The van der Waals surface area contributed by atoms with Crippen molar-refractivity contribution in [3.8, 4) is 22.8 Å². The minimum Gasteiger partial charge on any atom is -0.454 e. The number of nitrogens with zero attached hydrogens (tertiary/aromatic N) is 1. The highest BCUT2D eigenvalue weighted by Gasteiger charge is 2.15. The Bertz CT molecular complexity index is 959. The maximum Gasteiger partial charge on any atom is 0.258 e. The predicted molar refractivity (Wildman–Crippen MR) is 88.7 cm³/mol. The third kappa shape index (κ3) is 2.74. The Morgan fingerprint density at radius 1 is 1.21 bits per heavy atom. The fourth-order valence-corrected chi connectivity index (χ4v) is 2.96. The van der Waals surface area contributed by atoms with Crippen LogP contribution in [0.25, 0.3) is 11.3 Å². The topological polar surface area (TPSA) is 93.3 Å². The summed E-state index contributed by atoms with van der Waals surface area (Å²) in [6, 6.07) is 8.33. The molecule has 3 heterocycles. The Hall–Kier alpha value is -3.13. The molecule has 1 aromatic carbocycles. The Balaban J connectivity index is 1.53. The summed E-state index contributed by atoms with van der Waals surface area (Å²) in [5, 5.41) is 5.03. The van der Waals surface area contributed by atoms with Gasteiger partial charge in [-0.1, -0.05) is 0 Å². The molecule has 0 fully saturated rings. The van der Waals surface area contributed by atoms with Crippen LogP contribution in [0.3, 0.4) is 0 Å². The molecule has 0 saturated heterocycles. The zero-order valence-corrected chi connectivity index (χ0v) is 13.1. The van der Waals surface area contributed by atoms with Crippen LogP contribution in [0.15, 0.2) is 46.7 Å². The van der Waals surface area contributed by atoms with Gasteiger partial charge in [0.05, 0.1) is 11.3 Å². The number of aromatic nitrogens is 2. The van der Waals surface area contributed by atoms with Gasteiger partial charge in [-0.15, -0.1) is 11.3 Å². The van der Waals surface area contributed by atoms with Crippen molar-refractivity contribution >= 4 is 22.4 Å². The maximum absolute atomic E-state index is 12.1.